The molecule has 0 unspecified atom stereocenters. The van der Waals surface area contributed by atoms with Crippen LogP contribution < -0.4 is 10.6 Å². The Morgan fingerprint density at radius 3 is 2.64 bits per heavy atom. The van der Waals surface area contributed by atoms with Crippen molar-refractivity contribution in [2.45, 2.75) is 32.7 Å². The summed E-state index contributed by atoms with van der Waals surface area (Å²) in [6, 6.07) is 14.2. The van der Waals surface area contributed by atoms with Crippen LogP contribution in [0.1, 0.15) is 31.1 Å². The summed E-state index contributed by atoms with van der Waals surface area (Å²) >= 11 is 0. The van der Waals surface area contributed by atoms with Gasteiger partial charge in [-0.15, -0.1) is 0 Å². The maximum Gasteiger partial charge on any atom is 0.191 e. The summed E-state index contributed by atoms with van der Waals surface area (Å²) in [5.74, 6) is 1.82. The summed E-state index contributed by atoms with van der Waals surface area (Å²) in [7, 11) is 0. The summed E-state index contributed by atoms with van der Waals surface area (Å²) in [5.41, 5.74) is 1.20. The third-order valence-corrected chi connectivity index (χ3v) is 3.72. The predicted octanol–water partition coefficient (Wildman–Crippen LogP) is 3.37. The van der Waals surface area contributed by atoms with E-state index in [9.17, 15) is 0 Å². The lowest BCUT2D eigenvalue weighted by molar-refractivity contribution is 0.143. The zero-order valence-corrected chi connectivity index (χ0v) is 15.0. The number of unbranched alkanes of at least 4 members (excludes halogenated alkanes) is 1. The van der Waals surface area contributed by atoms with Gasteiger partial charge in [0, 0.05) is 32.7 Å². The van der Waals surface area contributed by atoms with Crippen molar-refractivity contribution in [2.24, 2.45) is 4.99 Å². The highest BCUT2D eigenvalue weighted by molar-refractivity contribution is 5.79. The van der Waals surface area contributed by atoms with Crippen molar-refractivity contribution >= 4 is 5.96 Å². The monoisotopic (exact) mass is 343 g/mol. The first-order chi connectivity index (χ1) is 12.4. The van der Waals surface area contributed by atoms with Gasteiger partial charge in [0.1, 0.15) is 5.76 Å². The second-order valence-corrected chi connectivity index (χ2v) is 5.74. The molecule has 0 saturated carbocycles. The average Bonchev–Trinajstić information content (AvgIpc) is 3.16. The molecule has 136 valence electrons. The normalized spacial score (nSPS) is 11.5. The Morgan fingerprint density at radius 2 is 1.88 bits per heavy atom. The van der Waals surface area contributed by atoms with Gasteiger partial charge in [0.05, 0.1) is 12.8 Å². The van der Waals surface area contributed by atoms with E-state index in [1.165, 1.54) is 5.56 Å². The van der Waals surface area contributed by atoms with E-state index in [1.54, 1.807) is 6.26 Å². The molecule has 5 nitrogen and oxygen atoms in total. The smallest absolute Gasteiger partial charge is 0.191 e. The summed E-state index contributed by atoms with van der Waals surface area (Å²) in [5, 5.41) is 6.78. The van der Waals surface area contributed by atoms with Crippen molar-refractivity contribution in [3.8, 4) is 0 Å². The van der Waals surface area contributed by atoms with Crippen molar-refractivity contribution in [1.82, 2.24) is 10.6 Å². The van der Waals surface area contributed by atoms with E-state index in [0.29, 0.717) is 6.54 Å². The van der Waals surface area contributed by atoms with Gasteiger partial charge in [0.2, 0.25) is 0 Å². The second-order valence-electron chi connectivity index (χ2n) is 5.74. The number of ether oxygens (including phenoxy) is 1. The topological polar surface area (TPSA) is 58.8 Å². The summed E-state index contributed by atoms with van der Waals surface area (Å²) in [4.78, 5) is 4.68. The van der Waals surface area contributed by atoms with Crippen LogP contribution in [0.2, 0.25) is 0 Å². The largest absolute Gasteiger partial charge is 0.469 e. The molecule has 25 heavy (non-hydrogen) atoms. The molecule has 0 radical (unpaired) electrons. The highest BCUT2D eigenvalue weighted by Crippen LogP contribution is 2.01. The van der Waals surface area contributed by atoms with Crippen LogP contribution in [0.25, 0.3) is 0 Å². The molecule has 0 aliphatic heterocycles. The van der Waals surface area contributed by atoms with Crippen LogP contribution in [-0.4, -0.2) is 32.3 Å². The Hall–Kier alpha value is -2.27. The van der Waals surface area contributed by atoms with Crippen molar-refractivity contribution in [1.29, 1.82) is 0 Å². The van der Waals surface area contributed by atoms with Gasteiger partial charge in [-0.1, -0.05) is 30.3 Å². The quantitative estimate of drug-likeness (QED) is 0.373. The summed E-state index contributed by atoms with van der Waals surface area (Å²) in [6.45, 7) is 5.96. The number of hydrogen-bond donors (Lipinski definition) is 2. The van der Waals surface area contributed by atoms with Crippen LogP contribution in [0.5, 0.6) is 0 Å². The van der Waals surface area contributed by atoms with Crippen molar-refractivity contribution in [2.75, 3.05) is 26.3 Å². The van der Waals surface area contributed by atoms with Crippen LogP contribution >= 0.6 is 0 Å². The van der Waals surface area contributed by atoms with Gasteiger partial charge in [-0.25, -0.2) is 4.99 Å². The Kier molecular flexibility index (Phi) is 9.26. The first-order valence-electron chi connectivity index (χ1n) is 9.04. The average molecular weight is 343 g/mol. The van der Waals surface area contributed by atoms with E-state index in [4.69, 9.17) is 9.15 Å². The maximum atomic E-state index is 5.37. The lowest BCUT2D eigenvalue weighted by Gasteiger charge is -2.12. The van der Waals surface area contributed by atoms with Gasteiger partial charge in [-0.05, 0) is 37.5 Å². The van der Waals surface area contributed by atoms with E-state index in [2.05, 4.69) is 27.8 Å². The van der Waals surface area contributed by atoms with E-state index in [0.717, 1.165) is 57.3 Å². The van der Waals surface area contributed by atoms with E-state index in [-0.39, 0.29) is 0 Å². The van der Waals surface area contributed by atoms with Crippen LogP contribution in [0, 0.1) is 0 Å². The van der Waals surface area contributed by atoms with E-state index in [1.807, 2.05) is 37.3 Å². The van der Waals surface area contributed by atoms with Gasteiger partial charge in [-0.2, -0.15) is 0 Å². The molecule has 1 heterocycles. The molecule has 1 aromatic heterocycles. The molecule has 0 amide bonds. The molecule has 2 N–H and O–H groups in total. The van der Waals surface area contributed by atoms with Gasteiger partial charge < -0.3 is 19.8 Å². The van der Waals surface area contributed by atoms with Crippen molar-refractivity contribution in [3.05, 3.63) is 60.1 Å². The molecule has 2 aromatic rings. The molecule has 1 aromatic carbocycles. The van der Waals surface area contributed by atoms with Crippen LogP contribution in [-0.2, 0) is 17.7 Å². The minimum atomic E-state index is 0.663. The van der Waals surface area contributed by atoms with E-state index >= 15 is 0 Å². The fourth-order valence-electron chi connectivity index (χ4n) is 2.37. The standard InChI is InChI=1S/C20H29N3O2/c1-2-24-15-7-6-13-21-20(22-14-12-19-11-8-16-25-19)23-17-18-9-4-3-5-10-18/h3-5,8-11,16H,2,6-7,12-15,17H2,1H3,(H2,21,22,23). The highest BCUT2D eigenvalue weighted by Gasteiger charge is 2.01. The molecule has 2 rings (SSSR count). The number of rotatable bonds is 11. The fraction of sp³-hybridized carbons (Fsp3) is 0.450. The summed E-state index contributed by atoms with van der Waals surface area (Å²) in [6.07, 6.45) is 4.66. The van der Waals surface area contributed by atoms with E-state index < -0.39 is 0 Å². The molecule has 0 atom stereocenters. The fourth-order valence-corrected chi connectivity index (χ4v) is 2.37. The number of hydrogen-bond acceptors (Lipinski definition) is 3. The zero-order valence-electron chi connectivity index (χ0n) is 15.0. The molecule has 0 aliphatic carbocycles. The van der Waals surface area contributed by atoms with Crippen LogP contribution in [0.3, 0.4) is 0 Å². The van der Waals surface area contributed by atoms with Crippen molar-refractivity contribution in [3.63, 3.8) is 0 Å². The SMILES string of the molecule is CCOCCCCNC(=NCc1ccccc1)NCCc1ccco1. The lowest BCUT2D eigenvalue weighted by Crippen LogP contribution is -2.39. The van der Waals surface area contributed by atoms with Crippen LogP contribution in [0.15, 0.2) is 58.1 Å². The predicted molar refractivity (Wildman–Crippen MR) is 102 cm³/mol. The minimum absolute atomic E-state index is 0.663. The third kappa shape index (κ3) is 8.40. The lowest BCUT2D eigenvalue weighted by atomic mass is 10.2. The van der Waals surface area contributed by atoms with Gasteiger partial charge in [-0.3, -0.25) is 0 Å². The molecule has 0 bridgehead atoms. The number of furan rings is 1. The first-order valence-corrected chi connectivity index (χ1v) is 9.04. The number of benzene rings is 1. The van der Waals surface area contributed by atoms with Crippen LogP contribution in [0.4, 0.5) is 0 Å². The Labute approximate surface area is 150 Å². The highest BCUT2D eigenvalue weighted by atomic mass is 16.5. The first kappa shape index (κ1) is 19.1. The van der Waals surface area contributed by atoms with Gasteiger partial charge in [0.25, 0.3) is 0 Å². The second kappa shape index (κ2) is 12.1. The zero-order chi connectivity index (χ0) is 17.6. The number of nitrogens with zero attached hydrogens (tertiary/aromatic N) is 1. The maximum absolute atomic E-state index is 5.37. The van der Waals surface area contributed by atoms with Gasteiger partial charge in [0.15, 0.2) is 5.96 Å². The Balaban J connectivity index is 1.77. The molecule has 5 heteroatoms. The number of aliphatic imine (C=N–C) groups is 1. The molecule has 0 fully saturated rings. The molecular formula is C20H29N3O2. The molecular weight excluding hydrogens is 314 g/mol. The third-order valence-electron chi connectivity index (χ3n) is 3.72. The number of guanidine groups is 1. The molecule has 0 spiro atoms. The van der Waals surface area contributed by atoms with Gasteiger partial charge >= 0.3 is 0 Å². The Bertz CT molecular complexity index is 582. The number of nitrogens with one attached hydrogen (secondary N) is 2. The Morgan fingerprint density at radius 1 is 1.04 bits per heavy atom. The van der Waals surface area contributed by atoms with Crippen molar-refractivity contribution < 1.29 is 9.15 Å². The summed E-state index contributed by atoms with van der Waals surface area (Å²) < 4.78 is 10.7. The molecule has 0 saturated heterocycles. The molecule has 0 aliphatic rings. The minimum Gasteiger partial charge on any atom is -0.469 e.